The fourth-order valence-corrected chi connectivity index (χ4v) is 2.86. The quantitative estimate of drug-likeness (QED) is 0.592. The van der Waals surface area contributed by atoms with Gasteiger partial charge in [-0.3, -0.25) is 9.59 Å². The first-order valence-electron chi connectivity index (χ1n) is 9.03. The third kappa shape index (κ3) is 5.05. The number of amides is 1. The molecule has 0 fully saturated rings. The molecule has 0 spiro atoms. The summed E-state index contributed by atoms with van der Waals surface area (Å²) in [6.07, 6.45) is 0.274. The van der Waals surface area contributed by atoms with Crippen molar-refractivity contribution in [3.05, 3.63) is 95.6 Å². The maximum Gasteiger partial charge on any atom is 0.320 e. The van der Waals surface area contributed by atoms with Crippen LogP contribution in [0.5, 0.6) is 0 Å². The normalized spacial score (nSPS) is 11.6. The summed E-state index contributed by atoms with van der Waals surface area (Å²) in [7, 11) is 0. The van der Waals surface area contributed by atoms with Gasteiger partial charge in [-0.15, -0.1) is 0 Å². The summed E-state index contributed by atoms with van der Waals surface area (Å²) in [4.78, 5) is 23.2. The number of aliphatic carboxylic acids is 1. The molecule has 0 aliphatic rings. The van der Waals surface area contributed by atoms with Gasteiger partial charge in [-0.25, -0.2) is 0 Å². The van der Waals surface area contributed by atoms with Crippen molar-refractivity contribution in [2.24, 2.45) is 5.73 Å². The largest absolute Gasteiger partial charge is 0.480 e. The minimum atomic E-state index is -1.02. The van der Waals surface area contributed by atoms with E-state index in [0.717, 1.165) is 22.3 Å². The van der Waals surface area contributed by atoms with Gasteiger partial charge < -0.3 is 16.2 Å². The minimum Gasteiger partial charge on any atom is -0.480 e. The topological polar surface area (TPSA) is 92.4 Å². The Labute approximate surface area is 163 Å². The minimum absolute atomic E-state index is 0.142. The highest BCUT2D eigenvalue weighted by molar-refractivity contribution is 5.94. The maximum atomic E-state index is 12.4. The lowest BCUT2D eigenvalue weighted by atomic mass is 10.0. The number of rotatable bonds is 7. The molecule has 3 aromatic rings. The molecule has 0 aromatic heterocycles. The Bertz CT molecular complexity index is 936. The third-order valence-corrected chi connectivity index (χ3v) is 4.50. The summed E-state index contributed by atoms with van der Waals surface area (Å²) in [5.41, 5.74) is 10.1. The van der Waals surface area contributed by atoms with E-state index >= 15 is 0 Å². The van der Waals surface area contributed by atoms with Crippen LogP contribution in [0.1, 0.15) is 21.5 Å². The van der Waals surface area contributed by atoms with Gasteiger partial charge in [-0.1, -0.05) is 66.7 Å². The second-order valence-electron chi connectivity index (χ2n) is 6.59. The van der Waals surface area contributed by atoms with Crippen molar-refractivity contribution >= 4 is 11.9 Å². The molecule has 0 radical (unpaired) electrons. The molecule has 0 heterocycles. The first kappa shape index (κ1) is 19.3. The molecule has 0 saturated carbocycles. The first-order chi connectivity index (χ1) is 13.5. The highest BCUT2D eigenvalue weighted by Gasteiger charge is 2.12. The Morgan fingerprint density at radius 2 is 1.39 bits per heavy atom. The van der Waals surface area contributed by atoms with E-state index in [-0.39, 0.29) is 12.3 Å². The second kappa shape index (κ2) is 8.97. The van der Waals surface area contributed by atoms with E-state index < -0.39 is 12.0 Å². The van der Waals surface area contributed by atoms with Crippen LogP contribution < -0.4 is 11.1 Å². The Kier molecular flexibility index (Phi) is 6.19. The van der Waals surface area contributed by atoms with Crippen molar-refractivity contribution in [2.45, 2.75) is 19.0 Å². The Morgan fingerprint density at radius 3 is 2.00 bits per heavy atom. The SMILES string of the molecule is N[C@@H](Cc1ccc(CNC(=O)c2ccc(-c3ccccc3)cc2)cc1)C(=O)O. The molecule has 3 aromatic carbocycles. The van der Waals surface area contributed by atoms with Gasteiger partial charge in [-0.2, -0.15) is 0 Å². The van der Waals surface area contributed by atoms with Crippen LogP contribution >= 0.6 is 0 Å². The van der Waals surface area contributed by atoms with Gasteiger partial charge in [0, 0.05) is 12.1 Å². The zero-order chi connectivity index (χ0) is 19.9. The van der Waals surface area contributed by atoms with Gasteiger partial charge in [0.2, 0.25) is 0 Å². The summed E-state index contributed by atoms with van der Waals surface area (Å²) in [5.74, 6) is -1.16. The van der Waals surface area contributed by atoms with Crippen molar-refractivity contribution in [1.82, 2.24) is 5.32 Å². The van der Waals surface area contributed by atoms with Crippen LogP contribution in [-0.4, -0.2) is 23.0 Å². The van der Waals surface area contributed by atoms with E-state index in [1.54, 1.807) is 0 Å². The molecule has 3 rings (SSSR count). The molecular weight excluding hydrogens is 352 g/mol. The molecule has 1 atom stereocenters. The molecule has 5 nitrogen and oxygen atoms in total. The molecule has 28 heavy (non-hydrogen) atoms. The van der Waals surface area contributed by atoms with Gasteiger partial charge in [0.15, 0.2) is 0 Å². The molecule has 4 N–H and O–H groups in total. The molecule has 0 aliphatic carbocycles. The highest BCUT2D eigenvalue weighted by atomic mass is 16.4. The fraction of sp³-hybridized carbons (Fsp3) is 0.130. The van der Waals surface area contributed by atoms with Crippen molar-refractivity contribution in [2.75, 3.05) is 0 Å². The van der Waals surface area contributed by atoms with Crippen molar-refractivity contribution in [3.8, 4) is 11.1 Å². The van der Waals surface area contributed by atoms with E-state index in [1.165, 1.54) is 0 Å². The highest BCUT2D eigenvalue weighted by Crippen LogP contribution is 2.19. The summed E-state index contributed by atoms with van der Waals surface area (Å²) >= 11 is 0. The lowest BCUT2D eigenvalue weighted by Gasteiger charge is -2.09. The van der Waals surface area contributed by atoms with Crippen LogP contribution in [0.4, 0.5) is 0 Å². The number of hydrogen-bond donors (Lipinski definition) is 3. The van der Waals surface area contributed by atoms with Crippen LogP contribution in [0.15, 0.2) is 78.9 Å². The standard InChI is InChI=1S/C23H22N2O3/c24-21(23(27)28)14-16-6-8-17(9-7-16)15-25-22(26)20-12-10-19(11-13-20)18-4-2-1-3-5-18/h1-13,21H,14-15,24H2,(H,25,26)(H,27,28)/t21-/m0/s1. The Morgan fingerprint density at radius 1 is 0.821 bits per heavy atom. The predicted molar refractivity (Wildman–Crippen MR) is 109 cm³/mol. The van der Waals surface area contributed by atoms with Gasteiger partial charge in [0.25, 0.3) is 5.91 Å². The van der Waals surface area contributed by atoms with Crippen molar-refractivity contribution in [3.63, 3.8) is 0 Å². The van der Waals surface area contributed by atoms with Crippen molar-refractivity contribution in [1.29, 1.82) is 0 Å². The first-order valence-corrected chi connectivity index (χ1v) is 9.03. The number of carbonyl (C=O) groups excluding carboxylic acids is 1. The Hall–Kier alpha value is -3.44. The lowest BCUT2D eigenvalue weighted by molar-refractivity contribution is -0.138. The number of carbonyl (C=O) groups is 2. The molecule has 142 valence electrons. The van der Waals surface area contributed by atoms with E-state index in [9.17, 15) is 9.59 Å². The molecular formula is C23H22N2O3. The van der Waals surface area contributed by atoms with Crippen LogP contribution in [-0.2, 0) is 17.8 Å². The van der Waals surface area contributed by atoms with Crippen LogP contribution in [0.25, 0.3) is 11.1 Å². The fourth-order valence-electron chi connectivity index (χ4n) is 2.86. The summed E-state index contributed by atoms with van der Waals surface area (Å²) in [5, 5.41) is 11.8. The average molecular weight is 374 g/mol. The van der Waals surface area contributed by atoms with E-state index in [4.69, 9.17) is 10.8 Å². The van der Waals surface area contributed by atoms with Gasteiger partial charge in [0.05, 0.1) is 0 Å². The molecule has 0 bridgehead atoms. The van der Waals surface area contributed by atoms with E-state index in [1.807, 2.05) is 78.9 Å². The van der Waals surface area contributed by atoms with Gasteiger partial charge in [-0.05, 0) is 40.8 Å². The summed E-state index contributed by atoms with van der Waals surface area (Å²) < 4.78 is 0. The van der Waals surface area contributed by atoms with E-state index in [0.29, 0.717) is 12.1 Å². The van der Waals surface area contributed by atoms with Crippen LogP contribution in [0, 0.1) is 0 Å². The van der Waals surface area contributed by atoms with Gasteiger partial charge >= 0.3 is 5.97 Å². The molecule has 1 amide bonds. The number of carboxylic acid groups (broad SMARTS) is 1. The second-order valence-corrected chi connectivity index (χ2v) is 6.59. The zero-order valence-electron chi connectivity index (χ0n) is 15.3. The van der Waals surface area contributed by atoms with Crippen molar-refractivity contribution < 1.29 is 14.7 Å². The number of carboxylic acids is 1. The predicted octanol–water partition coefficient (Wildman–Crippen LogP) is 3.24. The lowest BCUT2D eigenvalue weighted by Crippen LogP contribution is -2.32. The van der Waals surface area contributed by atoms with E-state index in [2.05, 4.69) is 5.32 Å². The van der Waals surface area contributed by atoms with Crippen LogP contribution in [0.2, 0.25) is 0 Å². The average Bonchev–Trinajstić information content (AvgIpc) is 2.73. The monoisotopic (exact) mass is 374 g/mol. The molecule has 0 unspecified atom stereocenters. The maximum absolute atomic E-state index is 12.4. The molecule has 0 saturated heterocycles. The van der Waals surface area contributed by atoms with Crippen LogP contribution in [0.3, 0.4) is 0 Å². The molecule has 0 aliphatic heterocycles. The molecule has 5 heteroatoms. The third-order valence-electron chi connectivity index (χ3n) is 4.50. The smallest absolute Gasteiger partial charge is 0.320 e. The number of nitrogens with one attached hydrogen (secondary N) is 1. The number of nitrogens with two attached hydrogens (primary N) is 1. The summed E-state index contributed by atoms with van der Waals surface area (Å²) in [6, 6.07) is 24.0. The zero-order valence-corrected chi connectivity index (χ0v) is 15.3. The summed E-state index contributed by atoms with van der Waals surface area (Å²) in [6.45, 7) is 0.393. The number of benzene rings is 3. The Balaban J connectivity index is 1.56. The van der Waals surface area contributed by atoms with Gasteiger partial charge in [0.1, 0.15) is 6.04 Å². The number of hydrogen-bond acceptors (Lipinski definition) is 3.